The lowest BCUT2D eigenvalue weighted by molar-refractivity contribution is 0.550. The molecule has 4 heteroatoms. The van der Waals surface area contributed by atoms with Gasteiger partial charge in [0, 0.05) is 17.9 Å². The van der Waals surface area contributed by atoms with Gasteiger partial charge in [0.2, 0.25) is 0 Å². The molecule has 0 bridgehead atoms. The Kier molecular flexibility index (Phi) is 6.52. The fraction of sp³-hybridized carbons (Fsp3) is 0.538. The van der Waals surface area contributed by atoms with Crippen LogP contribution in [0.4, 0.5) is 8.78 Å². The minimum Gasteiger partial charge on any atom is -0.316 e. The molecule has 1 N–H and O–H groups in total. The lowest BCUT2D eigenvalue weighted by Gasteiger charge is -2.16. The van der Waals surface area contributed by atoms with Crippen LogP contribution in [0.2, 0.25) is 0 Å². The average Bonchev–Trinajstić information content (AvgIpc) is 2.31. The highest BCUT2D eigenvalue weighted by atomic mass is 32.2. The summed E-state index contributed by atoms with van der Waals surface area (Å²) >= 11 is 1.86. The van der Waals surface area contributed by atoms with Gasteiger partial charge in [-0.05, 0) is 37.3 Å². The van der Waals surface area contributed by atoms with Crippen LogP contribution in [-0.4, -0.2) is 24.6 Å². The highest BCUT2D eigenvalue weighted by Crippen LogP contribution is 2.14. The van der Waals surface area contributed by atoms with Gasteiger partial charge in [-0.15, -0.1) is 0 Å². The predicted molar refractivity (Wildman–Crippen MR) is 70.5 cm³/mol. The predicted octanol–water partition coefficient (Wildman–Crippen LogP) is 3.24. The Morgan fingerprint density at radius 3 is 2.71 bits per heavy atom. The Hall–Kier alpha value is -0.610. The topological polar surface area (TPSA) is 12.0 Å². The van der Waals surface area contributed by atoms with E-state index in [1.165, 1.54) is 12.1 Å². The van der Waals surface area contributed by atoms with Crippen molar-refractivity contribution in [2.75, 3.05) is 18.6 Å². The van der Waals surface area contributed by atoms with E-state index in [4.69, 9.17) is 0 Å². The summed E-state index contributed by atoms with van der Waals surface area (Å²) < 4.78 is 26.2. The smallest absolute Gasteiger partial charge is 0.129 e. The van der Waals surface area contributed by atoms with Crippen LogP contribution in [-0.2, 0) is 6.42 Å². The number of hydrogen-bond acceptors (Lipinski definition) is 2. The summed E-state index contributed by atoms with van der Waals surface area (Å²) in [6, 6.07) is 4.01. The fourth-order valence-electron chi connectivity index (χ4n) is 1.57. The van der Waals surface area contributed by atoms with E-state index in [2.05, 4.69) is 12.2 Å². The van der Waals surface area contributed by atoms with Gasteiger partial charge in [0.1, 0.15) is 11.6 Å². The third-order valence-electron chi connectivity index (χ3n) is 2.56. The molecule has 0 fully saturated rings. The van der Waals surface area contributed by atoms with E-state index in [0.29, 0.717) is 12.0 Å². The molecule has 1 atom stereocenters. The number of benzene rings is 1. The van der Waals surface area contributed by atoms with Gasteiger partial charge in [0.15, 0.2) is 0 Å². The van der Waals surface area contributed by atoms with Crippen molar-refractivity contribution in [1.29, 1.82) is 0 Å². The zero-order valence-electron chi connectivity index (χ0n) is 10.3. The van der Waals surface area contributed by atoms with Crippen LogP contribution in [0.15, 0.2) is 18.2 Å². The van der Waals surface area contributed by atoms with E-state index >= 15 is 0 Å². The summed E-state index contributed by atoms with van der Waals surface area (Å²) in [6.07, 6.45) is 1.74. The largest absolute Gasteiger partial charge is 0.316 e. The number of thioether (sulfide) groups is 1. The van der Waals surface area contributed by atoms with E-state index < -0.39 is 11.6 Å². The summed E-state index contributed by atoms with van der Waals surface area (Å²) in [5.74, 6) is 1.09. The standard InChI is InChI=1S/C13H19F2NS/c1-3-6-17-9-12(16-2)7-10-4-5-11(14)8-13(10)15/h4-5,8,12,16H,3,6-7,9H2,1-2H3. The maximum Gasteiger partial charge on any atom is 0.129 e. The van der Waals surface area contributed by atoms with Crippen molar-refractivity contribution in [3.8, 4) is 0 Å². The summed E-state index contributed by atoms with van der Waals surface area (Å²) in [4.78, 5) is 0. The third-order valence-corrected chi connectivity index (χ3v) is 3.89. The zero-order valence-corrected chi connectivity index (χ0v) is 11.1. The molecule has 1 aromatic rings. The molecule has 96 valence electrons. The summed E-state index contributed by atoms with van der Waals surface area (Å²) in [7, 11) is 1.87. The minimum absolute atomic E-state index is 0.228. The summed E-state index contributed by atoms with van der Waals surface area (Å²) in [5.41, 5.74) is 0.572. The maximum atomic E-state index is 13.5. The number of nitrogens with one attached hydrogen (secondary N) is 1. The highest BCUT2D eigenvalue weighted by Gasteiger charge is 2.11. The first-order valence-electron chi connectivity index (χ1n) is 5.86. The van der Waals surface area contributed by atoms with Crippen LogP contribution in [0.5, 0.6) is 0 Å². The second-order valence-electron chi connectivity index (χ2n) is 4.00. The van der Waals surface area contributed by atoms with Gasteiger partial charge < -0.3 is 5.32 Å². The van der Waals surface area contributed by atoms with Crippen molar-refractivity contribution >= 4 is 11.8 Å². The molecule has 0 aliphatic heterocycles. The molecule has 1 aromatic carbocycles. The molecule has 0 aliphatic carbocycles. The Morgan fingerprint density at radius 2 is 2.12 bits per heavy atom. The first-order chi connectivity index (χ1) is 8.17. The quantitative estimate of drug-likeness (QED) is 0.754. The summed E-state index contributed by atoms with van der Waals surface area (Å²) in [5, 5.41) is 3.17. The number of likely N-dealkylation sites (N-methyl/N-ethyl adjacent to an activating group) is 1. The molecular weight excluding hydrogens is 240 g/mol. The van der Waals surface area contributed by atoms with E-state index in [9.17, 15) is 8.78 Å². The molecule has 0 spiro atoms. The van der Waals surface area contributed by atoms with Crippen molar-refractivity contribution in [2.24, 2.45) is 0 Å². The van der Waals surface area contributed by atoms with Crippen LogP contribution >= 0.6 is 11.8 Å². The van der Waals surface area contributed by atoms with E-state index in [-0.39, 0.29) is 6.04 Å². The molecule has 0 aromatic heterocycles. The van der Waals surface area contributed by atoms with Crippen molar-refractivity contribution < 1.29 is 8.78 Å². The molecule has 0 aliphatic rings. The number of hydrogen-bond donors (Lipinski definition) is 1. The van der Waals surface area contributed by atoms with Crippen LogP contribution in [0.3, 0.4) is 0 Å². The molecular formula is C13H19F2NS. The molecule has 0 amide bonds. The maximum absolute atomic E-state index is 13.5. The molecule has 17 heavy (non-hydrogen) atoms. The van der Waals surface area contributed by atoms with E-state index in [1.807, 2.05) is 18.8 Å². The zero-order chi connectivity index (χ0) is 12.7. The molecule has 1 rings (SSSR count). The van der Waals surface area contributed by atoms with Gasteiger partial charge in [-0.2, -0.15) is 11.8 Å². The Bertz CT molecular complexity index is 344. The second-order valence-corrected chi connectivity index (χ2v) is 5.15. The molecule has 0 radical (unpaired) electrons. The Morgan fingerprint density at radius 1 is 1.35 bits per heavy atom. The van der Waals surface area contributed by atoms with Gasteiger partial charge in [-0.1, -0.05) is 13.0 Å². The van der Waals surface area contributed by atoms with Crippen molar-refractivity contribution in [3.05, 3.63) is 35.4 Å². The molecule has 1 unspecified atom stereocenters. The fourth-order valence-corrected chi connectivity index (χ4v) is 2.59. The molecule has 0 heterocycles. The van der Waals surface area contributed by atoms with Crippen LogP contribution in [0.1, 0.15) is 18.9 Å². The first kappa shape index (κ1) is 14.5. The average molecular weight is 259 g/mol. The van der Waals surface area contributed by atoms with Crippen LogP contribution in [0.25, 0.3) is 0 Å². The third kappa shape index (κ3) is 5.04. The van der Waals surface area contributed by atoms with E-state index in [0.717, 1.165) is 24.0 Å². The highest BCUT2D eigenvalue weighted by molar-refractivity contribution is 7.99. The molecule has 0 saturated heterocycles. The normalized spacial score (nSPS) is 12.7. The number of halogens is 2. The first-order valence-corrected chi connectivity index (χ1v) is 7.01. The molecule has 0 saturated carbocycles. The number of rotatable bonds is 7. The van der Waals surface area contributed by atoms with Gasteiger partial charge in [0.05, 0.1) is 0 Å². The summed E-state index contributed by atoms with van der Waals surface area (Å²) in [6.45, 7) is 2.14. The SMILES string of the molecule is CCCSCC(Cc1ccc(F)cc1F)NC. The second kappa shape index (κ2) is 7.67. The minimum atomic E-state index is -0.521. The Labute approximate surface area is 106 Å². The van der Waals surface area contributed by atoms with Gasteiger partial charge in [0.25, 0.3) is 0 Å². The monoisotopic (exact) mass is 259 g/mol. The lowest BCUT2D eigenvalue weighted by atomic mass is 10.1. The lowest BCUT2D eigenvalue weighted by Crippen LogP contribution is -2.30. The van der Waals surface area contributed by atoms with Crippen molar-refractivity contribution in [1.82, 2.24) is 5.32 Å². The van der Waals surface area contributed by atoms with Crippen molar-refractivity contribution in [3.63, 3.8) is 0 Å². The Balaban J connectivity index is 2.54. The molecule has 1 nitrogen and oxygen atoms in total. The van der Waals surface area contributed by atoms with Gasteiger partial charge in [-0.3, -0.25) is 0 Å². The van der Waals surface area contributed by atoms with Gasteiger partial charge in [-0.25, -0.2) is 8.78 Å². The van der Waals surface area contributed by atoms with Crippen molar-refractivity contribution in [2.45, 2.75) is 25.8 Å². The van der Waals surface area contributed by atoms with Crippen LogP contribution < -0.4 is 5.32 Å². The van der Waals surface area contributed by atoms with Crippen LogP contribution in [0, 0.1) is 11.6 Å². The van der Waals surface area contributed by atoms with Gasteiger partial charge >= 0.3 is 0 Å². The van der Waals surface area contributed by atoms with E-state index in [1.54, 1.807) is 0 Å².